The summed E-state index contributed by atoms with van der Waals surface area (Å²) in [7, 11) is 1.56. The second kappa shape index (κ2) is 5.82. The Morgan fingerprint density at radius 2 is 2.50 bits per heavy atom. The Bertz CT molecular complexity index is 422. The summed E-state index contributed by atoms with van der Waals surface area (Å²) in [6.45, 7) is 4.01. The number of likely N-dealkylation sites (tertiary alicyclic amines) is 1. The van der Waals surface area contributed by atoms with Crippen LogP contribution in [-0.4, -0.2) is 42.0 Å². The third-order valence-corrected chi connectivity index (χ3v) is 3.28. The summed E-state index contributed by atoms with van der Waals surface area (Å²) in [5, 5.41) is 2.92. The van der Waals surface area contributed by atoms with Crippen molar-refractivity contribution in [3.8, 4) is 5.88 Å². The predicted octanol–water partition coefficient (Wildman–Crippen LogP) is 1.51. The molecule has 0 unspecified atom stereocenters. The molecule has 1 fully saturated rings. The van der Waals surface area contributed by atoms with E-state index in [0.29, 0.717) is 5.88 Å². The highest BCUT2D eigenvalue weighted by atomic mass is 16.5. The van der Waals surface area contributed by atoms with Crippen LogP contribution >= 0.6 is 0 Å². The van der Waals surface area contributed by atoms with Crippen LogP contribution in [0.2, 0.25) is 0 Å². The maximum Gasteiger partial charge on any atom is 0.241 e. The minimum Gasteiger partial charge on any atom is -0.481 e. The van der Waals surface area contributed by atoms with Gasteiger partial charge in [0.2, 0.25) is 11.8 Å². The number of carbonyl (C=O) groups excluding carboxylic acids is 1. The lowest BCUT2D eigenvalue weighted by Gasteiger charge is -2.21. The maximum atomic E-state index is 12.2. The highest BCUT2D eigenvalue weighted by molar-refractivity contribution is 5.95. The molecule has 0 radical (unpaired) electrons. The summed E-state index contributed by atoms with van der Waals surface area (Å²) in [6.07, 6.45) is 3.65. The van der Waals surface area contributed by atoms with Crippen LogP contribution in [0.3, 0.4) is 0 Å². The van der Waals surface area contributed by atoms with Crippen LogP contribution in [0.25, 0.3) is 0 Å². The van der Waals surface area contributed by atoms with E-state index in [-0.39, 0.29) is 11.9 Å². The SMILES string of the molecule is CCN1CCC[C@H]1C(=O)Nc1ccnc(OC)c1. The third-order valence-electron chi connectivity index (χ3n) is 3.28. The predicted molar refractivity (Wildman–Crippen MR) is 69.7 cm³/mol. The largest absolute Gasteiger partial charge is 0.481 e. The third kappa shape index (κ3) is 2.79. The maximum absolute atomic E-state index is 12.2. The molecule has 1 atom stereocenters. The zero-order valence-electron chi connectivity index (χ0n) is 10.8. The topological polar surface area (TPSA) is 54.5 Å². The van der Waals surface area contributed by atoms with E-state index in [1.807, 2.05) is 0 Å². The minimum absolute atomic E-state index is 0.00541. The Hall–Kier alpha value is -1.62. The van der Waals surface area contributed by atoms with Crippen molar-refractivity contribution >= 4 is 11.6 Å². The van der Waals surface area contributed by atoms with Crippen molar-refractivity contribution in [3.05, 3.63) is 18.3 Å². The zero-order chi connectivity index (χ0) is 13.0. The fourth-order valence-corrected chi connectivity index (χ4v) is 2.33. The summed E-state index contributed by atoms with van der Waals surface area (Å²) in [5.41, 5.74) is 0.731. The van der Waals surface area contributed by atoms with Crippen LogP contribution in [0.5, 0.6) is 5.88 Å². The van der Waals surface area contributed by atoms with Crippen LogP contribution in [-0.2, 0) is 4.79 Å². The second-order valence-electron chi connectivity index (χ2n) is 4.36. The monoisotopic (exact) mass is 249 g/mol. The van der Waals surface area contributed by atoms with Gasteiger partial charge in [-0.15, -0.1) is 0 Å². The Kier molecular flexibility index (Phi) is 4.15. The van der Waals surface area contributed by atoms with E-state index in [1.165, 1.54) is 0 Å². The molecule has 1 amide bonds. The summed E-state index contributed by atoms with van der Waals surface area (Å²) in [4.78, 5) is 18.4. The number of hydrogen-bond donors (Lipinski definition) is 1. The molecular weight excluding hydrogens is 230 g/mol. The van der Waals surface area contributed by atoms with Gasteiger partial charge in [-0.2, -0.15) is 0 Å². The lowest BCUT2D eigenvalue weighted by atomic mass is 10.2. The fourth-order valence-electron chi connectivity index (χ4n) is 2.33. The molecule has 1 N–H and O–H groups in total. The quantitative estimate of drug-likeness (QED) is 0.879. The number of rotatable bonds is 4. The van der Waals surface area contributed by atoms with Crippen LogP contribution in [0.1, 0.15) is 19.8 Å². The molecule has 0 spiro atoms. The smallest absolute Gasteiger partial charge is 0.241 e. The number of aromatic nitrogens is 1. The van der Waals surface area contributed by atoms with Gasteiger partial charge in [-0.1, -0.05) is 6.92 Å². The first kappa shape index (κ1) is 12.8. The highest BCUT2D eigenvalue weighted by Crippen LogP contribution is 2.19. The van der Waals surface area contributed by atoms with Crippen molar-refractivity contribution in [2.75, 3.05) is 25.5 Å². The first-order chi connectivity index (χ1) is 8.74. The van der Waals surface area contributed by atoms with Gasteiger partial charge >= 0.3 is 0 Å². The van der Waals surface area contributed by atoms with Gasteiger partial charge in [-0.25, -0.2) is 4.98 Å². The van der Waals surface area contributed by atoms with Gasteiger partial charge in [-0.3, -0.25) is 9.69 Å². The molecule has 0 aromatic carbocycles. The molecule has 5 heteroatoms. The van der Waals surface area contributed by atoms with Crippen molar-refractivity contribution in [1.29, 1.82) is 0 Å². The molecule has 2 heterocycles. The van der Waals surface area contributed by atoms with Crippen molar-refractivity contribution < 1.29 is 9.53 Å². The minimum atomic E-state index is -0.00541. The van der Waals surface area contributed by atoms with Crippen molar-refractivity contribution in [1.82, 2.24) is 9.88 Å². The number of carbonyl (C=O) groups is 1. The van der Waals surface area contributed by atoms with E-state index in [1.54, 1.807) is 25.4 Å². The summed E-state index contributed by atoms with van der Waals surface area (Å²) >= 11 is 0. The van der Waals surface area contributed by atoms with E-state index < -0.39 is 0 Å². The average molecular weight is 249 g/mol. The average Bonchev–Trinajstić information content (AvgIpc) is 2.87. The van der Waals surface area contributed by atoms with Crippen LogP contribution < -0.4 is 10.1 Å². The van der Waals surface area contributed by atoms with Gasteiger partial charge in [-0.05, 0) is 32.0 Å². The Balaban J connectivity index is 2.02. The Morgan fingerprint density at radius 1 is 1.67 bits per heavy atom. The van der Waals surface area contributed by atoms with Gasteiger partial charge in [0.05, 0.1) is 13.2 Å². The summed E-state index contributed by atoms with van der Waals surface area (Å²) < 4.78 is 5.03. The number of nitrogens with one attached hydrogen (secondary N) is 1. The molecule has 2 rings (SSSR count). The molecule has 98 valence electrons. The second-order valence-corrected chi connectivity index (χ2v) is 4.36. The fraction of sp³-hybridized carbons (Fsp3) is 0.538. The molecule has 0 bridgehead atoms. The number of methoxy groups -OCH3 is 1. The normalized spacial score (nSPS) is 19.8. The first-order valence-electron chi connectivity index (χ1n) is 6.29. The van der Waals surface area contributed by atoms with Gasteiger partial charge in [0.25, 0.3) is 0 Å². The van der Waals surface area contributed by atoms with Crippen LogP contribution in [0, 0.1) is 0 Å². The summed E-state index contributed by atoms with van der Waals surface area (Å²) in [5.74, 6) is 0.564. The first-order valence-corrected chi connectivity index (χ1v) is 6.29. The number of ether oxygens (including phenoxy) is 1. The zero-order valence-corrected chi connectivity index (χ0v) is 10.8. The van der Waals surface area contributed by atoms with Crippen LogP contribution in [0.15, 0.2) is 18.3 Å². The lowest BCUT2D eigenvalue weighted by molar-refractivity contribution is -0.120. The number of amides is 1. The molecule has 1 aliphatic heterocycles. The number of anilines is 1. The van der Waals surface area contributed by atoms with Gasteiger partial charge in [0.15, 0.2) is 0 Å². The summed E-state index contributed by atoms with van der Waals surface area (Å²) in [6, 6.07) is 3.49. The molecule has 0 saturated carbocycles. The van der Waals surface area contributed by atoms with Gasteiger partial charge < -0.3 is 10.1 Å². The molecule has 1 saturated heterocycles. The number of likely N-dealkylation sites (N-methyl/N-ethyl adjacent to an activating group) is 1. The van der Waals surface area contributed by atoms with Crippen molar-refractivity contribution in [2.24, 2.45) is 0 Å². The lowest BCUT2D eigenvalue weighted by Crippen LogP contribution is -2.39. The number of pyridine rings is 1. The highest BCUT2D eigenvalue weighted by Gasteiger charge is 2.29. The van der Waals surface area contributed by atoms with E-state index >= 15 is 0 Å². The van der Waals surface area contributed by atoms with Crippen molar-refractivity contribution in [3.63, 3.8) is 0 Å². The molecule has 1 aromatic heterocycles. The Labute approximate surface area is 107 Å². The number of nitrogens with zero attached hydrogens (tertiary/aromatic N) is 2. The van der Waals surface area contributed by atoms with E-state index in [2.05, 4.69) is 22.1 Å². The van der Waals surface area contributed by atoms with Gasteiger partial charge in [0.1, 0.15) is 0 Å². The molecule has 1 aromatic rings. The molecule has 0 aliphatic carbocycles. The van der Waals surface area contributed by atoms with Crippen molar-refractivity contribution in [2.45, 2.75) is 25.8 Å². The standard InChI is InChI=1S/C13H19N3O2/c1-3-16-8-4-5-11(16)13(17)15-10-6-7-14-12(9-10)18-2/h6-7,9,11H,3-5,8H2,1-2H3,(H,14,15,17)/t11-/m0/s1. The van der Waals surface area contributed by atoms with E-state index in [4.69, 9.17) is 4.74 Å². The molecular formula is C13H19N3O2. The molecule has 5 nitrogen and oxygen atoms in total. The molecule has 18 heavy (non-hydrogen) atoms. The number of hydrogen-bond acceptors (Lipinski definition) is 4. The van der Waals surface area contributed by atoms with Crippen LogP contribution in [0.4, 0.5) is 5.69 Å². The molecule has 1 aliphatic rings. The van der Waals surface area contributed by atoms with E-state index in [9.17, 15) is 4.79 Å². The van der Waals surface area contributed by atoms with E-state index in [0.717, 1.165) is 31.6 Å². The Morgan fingerprint density at radius 3 is 3.22 bits per heavy atom. The van der Waals surface area contributed by atoms with Gasteiger partial charge in [0, 0.05) is 18.0 Å².